The average Bonchev–Trinajstić information content (AvgIpc) is 3.34. The van der Waals surface area contributed by atoms with Gasteiger partial charge in [-0.25, -0.2) is 0 Å². The Morgan fingerprint density at radius 1 is 1.25 bits per heavy atom. The van der Waals surface area contributed by atoms with Crippen molar-refractivity contribution in [3.05, 3.63) is 81.4 Å². The summed E-state index contributed by atoms with van der Waals surface area (Å²) in [5, 5.41) is 15.0. The largest absolute Gasteiger partial charge is 0.494 e. The second-order valence-corrected chi connectivity index (χ2v) is 8.72. The number of thiocarbonyl (C=S) groups is 1. The molecule has 11 heteroatoms. The number of aryl methyl sites for hydroxylation is 1. The molecule has 0 amide bonds. The van der Waals surface area contributed by atoms with Crippen LogP contribution in [0.1, 0.15) is 41.7 Å². The maximum Gasteiger partial charge on any atom is 0.325 e. The van der Waals surface area contributed by atoms with Crippen molar-refractivity contribution in [2.45, 2.75) is 32.9 Å². The summed E-state index contributed by atoms with van der Waals surface area (Å²) in [6.45, 7) is 5.93. The lowest BCUT2D eigenvalue weighted by atomic mass is 9.97. The summed E-state index contributed by atoms with van der Waals surface area (Å²) in [6, 6.07) is 11.6. The molecular formula is C25H27N5O5S. The molecule has 1 N–H and O–H groups in total. The predicted octanol–water partition coefficient (Wildman–Crippen LogP) is 3.94. The average molecular weight is 510 g/mol. The lowest BCUT2D eigenvalue weighted by Gasteiger charge is -2.27. The summed E-state index contributed by atoms with van der Waals surface area (Å²) in [5.41, 5.74) is 4.10. The fraction of sp³-hybridized carbons (Fsp3) is 0.320. The number of nitro benzene ring substituents is 1. The van der Waals surface area contributed by atoms with E-state index >= 15 is 0 Å². The second-order valence-electron chi connectivity index (χ2n) is 8.33. The first kappa shape index (κ1) is 25.1. The van der Waals surface area contributed by atoms with E-state index < -0.39 is 4.92 Å². The number of non-ortho nitro benzene ring substituents is 1. The van der Waals surface area contributed by atoms with E-state index in [1.54, 1.807) is 19.2 Å². The van der Waals surface area contributed by atoms with E-state index in [2.05, 4.69) is 10.3 Å². The molecule has 188 valence electrons. The third kappa shape index (κ3) is 4.61. The molecule has 36 heavy (non-hydrogen) atoms. The van der Waals surface area contributed by atoms with Crippen LogP contribution in [0, 0.1) is 24.0 Å². The number of pyridine rings is 1. The first-order valence-corrected chi connectivity index (χ1v) is 11.8. The second kappa shape index (κ2) is 10.3. The highest BCUT2D eigenvalue weighted by atomic mass is 32.1. The van der Waals surface area contributed by atoms with Crippen LogP contribution in [0.5, 0.6) is 5.75 Å². The Labute approximate surface area is 214 Å². The third-order valence-electron chi connectivity index (χ3n) is 6.21. The van der Waals surface area contributed by atoms with Gasteiger partial charge in [0.1, 0.15) is 12.3 Å². The number of hydrogen-bond acceptors (Lipinski definition) is 7. The Kier molecular flexibility index (Phi) is 7.20. The maximum absolute atomic E-state index is 12.5. The number of nitrogens with one attached hydrogen (secondary N) is 1. The van der Waals surface area contributed by atoms with Gasteiger partial charge in [-0.2, -0.15) is 0 Å². The number of nitro groups is 1. The third-order valence-corrected chi connectivity index (χ3v) is 6.56. The van der Waals surface area contributed by atoms with Gasteiger partial charge in [-0.3, -0.25) is 19.9 Å². The van der Waals surface area contributed by atoms with Crippen molar-refractivity contribution in [2.75, 3.05) is 20.3 Å². The van der Waals surface area contributed by atoms with Crippen LogP contribution in [0.3, 0.4) is 0 Å². The number of carbonyl (C=O) groups excluding carboxylic acids is 1. The molecule has 1 aliphatic rings. The van der Waals surface area contributed by atoms with Gasteiger partial charge in [0.05, 0.1) is 48.2 Å². The van der Waals surface area contributed by atoms with Gasteiger partial charge in [0, 0.05) is 23.7 Å². The Bertz CT molecular complexity index is 1310. The molecule has 3 aromatic rings. The van der Waals surface area contributed by atoms with Crippen molar-refractivity contribution in [3.8, 4) is 11.4 Å². The summed E-state index contributed by atoms with van der Waals surface area (Å²) in [4.78, 5) is 29.7. The summed E-state index contributed by atoms with van der Waals surface area (Å²) >= 11 is 5.64. The molecule has 0 saturated carbocycles. The fourth-order valence-electron chi connectivity index (χ4n) is 4.68. The minimum atomic E-state index is -0.455. The van der Waals surface area contributed by atoms with Gasteiger partial charge in [-0.15, -0.1) is 0 Å². The maximum atomic E-state index is 12.5. The molecule has 0 radical (unpaired) electrons. The molecule has 1 saturated heterocycles. The van der Waals surface area contributed by atoms with Crippen LogP contribution in [0.4, 0.5) is 5.69 Å². The Balaban J connectivity index is 1.84. The predicted molar refractivity (Wildman–Crippen MR) is 137 cm³/mol. The van der Waals surface area contributed by atoms with Crippen molar-refractivity contribution in [3.63, 3.8) is 0 Å². The number of hydrogen-bond donors (Lipinski definition) is 1. The molecule has 3 heterocycles. The van der Waals surface area contributed by atoms with Crippen molar-refractivity contribution in [1.82, 2.24) is 19.8 Å². The topological polar surface area (TPSA) is 112 Å². The van der Waals surface area contributed by atoms with Gasteiger partial charge in [0.25, 0.3) is 5.69 Å². The lowest BCUT2D eigenvalue weighted by Crippen LogP contribution is -2.35. The summed E-state index contributed by atoms with van der Waals surface area (Å²) in [7, 11) is 1.48. The van der Waals surface area contributed by atoms with E-state index in [1.165, 1.54) is 19.2 Å². The Morgan fingerprint density at radius 2 is 2.03 bits per heavy atom. The standard InChI is InChI=1S/C25H27N5O5S/c1-5-35-22(31)14-28-24(23(27-25(28)36)19-8-6-7-11-26-19)18-12-15(2)29(16(18)3)20-10-9-17(30(32)33)13-21(20)34-4/h6-13,23-24H,5,14H2,1-4H3,(H,27,36)/t23-,24-/m1/s1. The number of rotatable bonds is 8. The van der Waals surface area contributed by atoms with Crippen molar-refractivity contribution in [1.29, 1.82) is 0 Å². The zero-order valence-electron chi connectivity index (χ0n) is 20.4. The quantitative estimate of drug-likeness (QED) is 0.209. The van der Waals surface area contributed by atoms with Gasteiger partial charge in [0.2, 0.25) is 0 Å². The van der Waals surface area contributed by atoms with E-state index in [9.17, 15) is 14.9 Å². The first-order valence-electron chi connectivity index (χ1n) is 11.4. The zero-order chi connectivity index (χ0) is 26.0. The number of esters is 1. The summed E-state index contributed by atoms with van der Waals surface area (Å²) in [6.07, 6.45) is 1.72. The van der Waals surface area contributed by atoms with Crippen LogP contribution in [0.25, 0.3) is 5.69 Å². The van der Waals surface area contributed by atoms with E-state index in [1.807, 2.05) is 47.6 Å². The minimum absolute atomic E-state index is 0.0157. The SMILES string of the molecule is CCOC(=O)CN1C(=S)N[C@H](c2ccccn2)[C@H]1c1cc(C)n(-c2ccc([N+](=O)[O-])cc2OC)c1C. The van der Waals surface area contributed by atoms with E-state index in [-0.39, 0.29) is 36.9 Å². The van der Waals surface area contributed by atoms with E-state index in [0.29, 0.717) is 16.5 Å². The molecule has 2 atom stereocenters. The number of nitrogens with zero attached hydrogens (tertiary/aromatic N) is 4. The molecule has 0 bridgehead atoms. The van der Waals surface area contributed by atoms with Crippen LogP contribution in [0.15, 0.2) is 48.7 Å². The van der Waals surface area contributed by atoms with E-state index in [0.717, 1.165) is 22.6 Å². The molecule has 0 aliphatic carbocycles. The zero-order valence-corrected chi connectivity index (χ0v) is 21.2. The number of benzene rings is 1. The van der Waals surface area contributed by atoms with Gasteiger partial charge >= 0.3 is 5.97 Å². The van der Waals surface area contributed by atoms with Crippen LogP contribution in [-0.2, 0) is 9.53 Å². The smallest absolute Gasteiger partial charge is 0.325 e. The van der Waals surface area contributed by atoms with Gasteiger partial charge in [0.15, 0.2) is 5.11 Å². The first-order chi connectivity index (χ1) is 17.3. The fourth-order valence-corrected chi connectivity index (χ4v) is 4.99. The molecule has 0 spiro atoms. The Morgan fingerprint density at radius 3 is 2.67 bits per heavy atom. The van der Waals surface area contributed by atoms with Gasteiger partial charge in [-0.05, 0) is 62.8 Å². The van der Waals surface area contributed by atoms with Crippen LogP contribution in [-0.4, -0.2) is 50.7 Å². The number of carbonyl (C=O) groups is 1. The van der Waals surface area contributed by atoms with Crippen molar-refractivity contribution >= 4 is 29.0 Å². The van der Waals surface area contributed by atoms with Gasteiger partial charge in [-0.1, -0.05) is 6.07 Å². The lowest BCUT2D eigenvalue weighted by molar-refractivity contribution is -0.384. The van der Waals surface area contributed by atoms with Crippen LogP contribution >= 0.6 is 12.2 Å². The number of aromatic nitrogens is 2. The van der Waals surface area contributed by atoms with Gasteiger partial charge < -0.3 is 24.3 Å². The molecule has 0 unspecified atom stereocenters. The highest BCUT2D eigenvalue weighted by Crippen LogP contribution is 2.42. The normalized spacial score (nSPS) is 17.1. The number of ether oxygens (including phenoxy) is 2. The van der Waals surface area contributed by atoms with Crippen LogP contribution < -0.4 is 10.1 Å². The van der Waals surface area contributed by atoms with Crippen LogP contribution in [0.2, 0.25) is 0 Å². The molecule has 1 aromatic carbocycles. The highest BCUT2D eigenvalue weighted by Gasteiger charge is 2.42. The summed E-state index contributed by atoms with van der Waals surface area (Å²) in [5.74, 6) is 0.00133. The molecule has 4 rings (SSSR count). The minimum Gasteiger partial charge on any atom is -0.494 e. The van der Waals surface area contributed by atoms with Crippen molar-refractivity contribution in [2.24, 2.45) is 0 Å². The van der Waals surface area contributed by atoms with E-state index in [4.69, 9.17) is 21.7 Å². The van der Waals surface area contributed by atoms with Crippen molar-refractivity contribution < 1.29 is 19.2 Å². The molecule has 1 fully saturated rings. The molecule has 2 aromatic heterocycles. The molecule has 10 nitrogen and oxygen atoms in total. The Hall–Kier alpha value is -3.99. The molecule has 1 aliphatic heterocycles. The summed E-state index contributed by atoms with van der Waals surface area (Å²) < 4.78 is 12.7. The highest BCUT2D eigenvalue weighted by molar-refractivity contribution is 7.80. The molecular weight excluding hydrogens is 482 g/mol. The monoisotopic (exact) mass is 509 g/mol. The number of methoxy groups -OCH3 is 1.